The molecule has 0 N–H and O–H groups in total. The van der Waals surface area contributed by atoms with Gasteiger partial charge in [-0.15, -0.1) is 0 Å². The molecule has 0 aliphatic heterocycles. The molecule has 0 heterocycles. The Hall–Kier alpha value is -1.82. The lowest BCUT2D eigenvalue weighted by Gasteiger charge is -2.12. The summed E-state index contributed by atoms with van der Waals surface area (Å²) in [6.07, 6.45) is -4.53. The molecule has 0 aliphatic carbocycles. The van der Waals surface area contributed by atoms with Crippen molar-refractivity contribution >= 4 is 21.9 Å². The molecule has 21 heavy (non-hydrogen) atoms. The van der Waals surface area contributed by atoms with Gasteiger partial charge in [0.15, 0.2) is 0 Å². The van der Waals surface area contributed by atoms with Crippen LogP contribution in [0.2, 0.25) is 0 Å². The van der Waals surface area contributed by atoms with E-state index in [1.807, 2.05) is 6.07 Å². The Labute approximate surface area is 127 Å². The molecular weight excluding hydrogens is 349 g/mol. The molecule has 0 aromatic heterocycles. The summed E-state index contributed by atoms with van der Waals surface area (Å²) in [6.45, 7) is 0.00234. The SMILES string of the molecule is O=C(OCc1ccccc1)c1cccc(C(F)(F)F)c1Br. The van der Waals surface area contributed by atoms with E-state index >= 15 is 0 Å². The van der Waals surface area contributed by atoms with Crippen molar-refractivity contribution < 1.29 is 22.7 Å². The third-order valence-corrected chi connectivity index (χ3v) is 3.59. The molecule has 0 atom stereocenters. The van der Waals surface area contributed by atoms with Gasteiger partial charge in [-0.3, -0.25) is 0 Å². The molecule has 2 rings (SSSR count). The monoisotopic (exact) mass is 358 g/mol. The highest BCUT2D eigenvalue weighted by Crippen LogP contribution is 2.36. The second-order valence-corrected chi connectivity index (χ2v) is 5.02. The third kappa shape index (κ3) is 3.85. The smallest absolute Gasteiger partial charge is 0.417 e. The first-order valence-electron chi connectivity index (χ1n) is 5.96. The molecule has 0 amide bonds. The zero-order valence-electron chi connectivity index (χ0n) is 10.7. The van der Waals surface area contributed by atoms with Gasteiger partial charge in [0, 0.05) is 4.47 Å². The van der Waals surface area contributed by atoms with Crippen LogP contribution in [-0.4, -0.2) is 5.97 Å². The van der Waals surface area contributed by atoms with Crippen LogP contribution in [0.3, 0.4) is 0 Å². The Morgan fingerprint density at radius 3 is 2.33 bits per heavy atom. The second-order valence-electron chi connectivity index (χ2n) is 4.23. The standard InChI is InChI=1S/C15H10BrF3O2/c16-13-11(7-4-8-12(13)15(17,18)19)14(20)21-9-10-5-2-1-3-6-10/h1-8H,9H2. The van der Waals surface area contributed by atoms with E-state index in [9.17, 15) is 18.0 Å². The number of carbonyl (C=O) groups is 1. The Balaban J connectivity index is 2.17. The maximum Gasteiger partial charge on any atom is 0.417 e. The summed E-state index contributed by atoms with van der Waals surface area (Å²) in [5, 5.41) is 0. The summed E-state index contributed by atoms with van der Waals surface area (Å²) in [5.74, 6) is -0.808. The molecule has 110 valence electrons. The van der Waals surface area contributed by atoms with Crippen LogP contribution < -0.4 is 0 Å². The van der Waals surface area contributed by atoms with Gasteiger partial charge >= 0.3 is 12.1 Å². The van der Waals surface area contributed by atoms with E-state index in [0.717, 1.165) is 11.6 Å². The van der Waals surface area contributed by atoms with Crippen LogP contribution in [-0.2, 0) is 17.5 Å². The molecule has 2 aromatic rings. The van der Waals surface area contributed by atoms with Crippen LogP contribution in [0.25, 0.3) is 0 Å². The number of alkyl halides is 3. The minimum atomic E-state index is -4.53. The fraction of sp³-hybridized carbons (Fsp3) is 0.133. The lowest BCUT2D eigenvalue weighted by atomic mass is 10.1. The average Bonchev–Trinajstić information content (AvgIpc) is 2.45. The fourth-order valence-electron chi connectivity index (χ4n) is 1.71. The van der Waals surface area contributed by atoms with Gasteiger partial charge in [0.25, 0.3) is 0 Å². The minimum absolute atomic E-state index is 0.00234. The van der Waals surface area contributed by atoms with E-state index in [4.69, 9.17) is 4.74 Å². The van der Waals surface area contributed by atoms with E-state index in [2.05, 4.69) is 15.9 Å². The van der Waals surface area contributed by atoms with Gasteiger partial charge in [-0.2, -0.15) is 13.2 Å². The van der Waals surface area contributed by atoms with Crippen LogP contribution >= 0.6 is 15.9 Å². The molecular formula is C15H10BrF3O2. The molecule has 0 unspecified atom stereocenters. The first-order chi connectivity index (χ1) is 9.89. The van der Waals surface area contributed by atoms with Crippen LogP contribution in [0.1, 0.15) is 21.5 Å². The van der Waals surface area contributed by atoms with Crippen LogP contribution in [0, 0.1) is 0 Å². The summed E-state index contributed by atoms with van der Waals surface area (Å²) >= 11 is 2.82. The molecule has 0 saturated heterocycles. The summed E-state index contributed by atoms with van der Waals surface area (Å²) in [5.41, 5.74) is -0.300. The van der Waals surface area contributed by atoms with Gasteiger partial charge in [-0.05, 0) is 33.6 Å². The van der Waals surface area contributed by atoms with Gasteiger partial charge in [0.1, 0.15) is 6.61 Å². The van der Waals surface area contributed by atoms with Crippen LogP contribution in [0.15, 0.2) is 53.0 Å². The second kappa shape index (κ2) is 6.30. The van der Waals surface area contributed by atoms with Gasteiger partial charge in [-0.1, -0.05) is 36.4 Å². The predicted molar refractivity (Wildman–Crippen MR) is 74.7 cm³/mol. The minimum Gasteiger partial charge on any atom is -0.457 e. The normalized spacial score (nSPS) is 11.2. The number of hydrogen-bond acceptors (Lipinski definition) is 2. The first kappa shape index (κ1) is 15.6. The number of carbonyl (C=O) groups excluding carboxylic acids is 1. The largest absolute Gasteiger partial charge is 0.457 e. The Morgan fingerprint density at radius 2 is 1.71 bits per heavy atom. The van der Waals surface area contributed by atoms with Crippen LogP contribution in [0.4, 0.5) is 13.2 Å². The van der Waals surface area contributed by atoms with Crippen molar-refractivity contribution in [2.24, 2.45) is 0 Å². The van der Waals surface area contributed by atoms with Gasteiger partial charge in [0.2, 0.25) is 0 Å². The Kier molecular flexibility index (Phi) is 4.67. The zero-order valence-corrected chi connectivity index (χ0v) is 12.2. The molecule has 0 radical (unpaired) electrons. The molecule has 0 spiro atoms. The van der Waals surface area contributed by atoms with E-state index in [1.165, 1.54) is 12.1 Å². The van der Waals surface area contributed by atoms with Crippen LogP contribution in [0.5, 0.6) is 0 Å². The zero-order chi connectivity index (χ0) is 15.5. The van der Waals surface area contributed by atoms with Crippen molar-refractivity contribution in [1.29, 1.82) is 0 Å². The van der Waals surface area contributed by atoms with Gasteiger partial charge in [-0.25, -0.2) is 4.79 Å². The molecule has 0 aliphatic rings. The highest BCUT2D eigenvalue weighted by Gasteiger charge is 2.34. The lowest BCUT2D eigenvalue weighted by molar-refractivity contribution is -0.138. The molecule has 0 fully saturated rings. The Bertz CT molecular complexity index is 639. The van der Waals surface area contributed by atoms with E-state index in [0.29, 0.717) is 0 Å². The number of esters is 1. The predicted octanol–water partition coefficient (Wildman–Crippen LogP) is 4.82. The van der Waals surface area contributed by atoms with Crippen molar-refractivity contribution in [1.82, 2.24) is 0 Å². The highest BCUT2D eigenvalue weighted by atomic mass is 79.9. The number of hydrogen-bond donors (Lipinski definition) is 0. The lowest BCUT2D eigenvalue weighted by Crippen LogP contribution is -2.11. The maximum atomic E-state index is 12.8. The maximum absolute atomic E-state index is 12.8. The number of benzene rings is 2. The Morgan fingerprint density at radius 1 is 1.05 bits per heavy atom. The highest BCUT2D eigenvalue weighted by molar-refractivity contribution is 9.10. The third-order valence-electron chi connectivity index (χ3n) is 2.74. The van der Waals surface area contributed by atoms with Crippen molar-refractivity contribution in [3.63, 3.8) is 0 Å². The van der Waals surface area contributed by atoms with Crippen molar-refractivity contribution in [2.45, 2.75) is 12.8 Å². The van der Waals surface area contributed by atoms with E-state index < -0.39 is 17.7 Å². The van der Waals surface area contributed by atoms with Crippen molar-refractivity contribution in [2.75, 3.05) is 0 Å². The van der Waals surface area contributed by atoms with Gasteiger partial charge in [0.05, 0.1) is 11.1 Å². The topological polar surface area (TPSA) is 26.3 Å². The van der Waals surface area contributed by atoms with Crippen molar-refractivity contribution in [3.05, 3.63) is 69.7 Å². The molecule has 6 heteroatoms. The first-order valence-corrected chi connectivity index (χ1v) is 6.75. The quantitative estimate of drug-likeness (QED) is 0.735. The summed E-state index contributed by atoms with van der Waals surface area (Å²) in [4.78, 5) is 11.9. The number of halogens is 4. The molecule has 2 nitrogen and oxygen atoms in total. The summed E-state index contributed by atoms with van der Waals surface area (Å²) in [6, 6.07) is 12.3. The molecule has 2 aromatic carbocycles. The van der Waals surface area contributed by atoms with E-state index in [1.54, 1.807) is 24.3 Å². The number of rotatable bonds is 3. The molecule has 0 bridgehead atoms. The van der Waals surface area contributed by atoms with Crippen molar-refractivity contribution in [3.8, 4) is 0 Å². The van der Waals surface area contributed by atoms with Gasteiger partial charge < -0.3 is 4.74 Å². The molecule has 0 saturated carbocycles. The summed E-state index contributed by atoms with van der Waals surface area (Å²) in [7, 11) is 0. The number of ether oxygens (including phenoxy) is 1. The summed E-state index contributed by atoms with van der Waals surface area (Å²) < 4.78 is 43.0. The average molecular weight is 359 g/mol. The van der Waals surface area contributed by atoms with E-state index in [-0.39, 0.29) is 16.6 Å². The fourth-order valence-corrected chi connectivity index (χ4v) is 2.36.